The minimum absolute atomic E-state index is 0.0174. The maximum Gasteiger partial charge on any atom is 0.332 e. The lowest BCUT2D eigenvalue weighted by atomic mass is 10.2. The summed E-state index contributed by atoms with van der Waals surface area (Å²) in [6.07, 6.45) is 0. The first kappa shape index (κ1) is 21.8. The van der Waals surface area contributed by atoms with Gasteiger partial charge in [0, 0.05) is 10.0 Å². The molecule has 0 saturated carbocycles. The zero-order valence-corrected chi connectivity index (χ0v) is 18.0. The molecule has 1 heterocycles. The molecule has 3 aromatic carbocycles. The van der Waals surface area contributed by atoms with Crippen LogP contribution in [0.2, 0.25) is 10.0 Å². The minimum Gasteiger partial charge on any atom is -0.322 e. The number of amides is 1. The molecule has 4 rings (SSSR count). The van der Waals surface area contributed by atoms with Gasteiger partial charge in [0.25, 0.3) is 5.56 Å². The number of para-hydroxylation sites is 1. The Hall–Kier alpha value is -3.42. The molecule has 1 aromatic heterocycles. The molecule has 0 unspecified atom stereocenters. The van der Waals surface area contributed by atoms with Crippen molar-refractivity contribution in [2.24, 2.45) is 0 Å². The second kappa shape index (κ2) is 8.98. The number of carbonyl (C=O) groups excluding carboxylic acids is 1. The normalized spacial score (nSPS) is 11.0. The monoisotopic (exact) mass is 471 g/mol. The molecule has 0 radical (unpaired) electrons. The Morgan fingerprint density at radius 3 is 2.41 bits per heavy atom. The van der Waals surface area contributed by atoms with Crippen LogP contribution in [0.25, 0.3) is 10.9 Å². The van der Waals surface area contributed by atoms with Gasteiger partial charge in [0.15, 0.2) is 0 Å². The van der Waals surface area contributed by atoms with E-state index in [2.05, 4.69) is 5.32 Å². The maximum absolute atomic E-state index is 14.0. The fraction of sp³-hybridized carbons (Fsp3) is 0.0870. The van der Waals surface area contributed by atoms with E-state index in [1.165, 1.54) is 16.7 Å². The van der Waals surface area contributed by atoms with Gasteiger partial charge in [0.1, 0.15) is 12.4 Å². The summed E-state index contributed by atoms with van der Waals surface area (Å²) < 4.78 is 16.3. The van der Waals surface area contributed by atoms with Crippen molar-refractivity contribution >= 4 is 45.7 Å². The third kappa shape index (κ3) is 4.44. The number of halogens is 3. The van der Waals surface area contributed by atoms with E-state index in [0.717, 1.165) is 10.6 Å². The van der Waals surface area contributed by atoms with Crippen molar-refractivity contribution in [3.8, 4) is 0 Å². The van der Waals surface area contributed by atoms with E-state index in [1.807, 2.05) is 0 Å². The van der Waals surface area contributed by atoms with Gasteiger partial charge in [0.2, 0.25) is 5.91 Å². The molecule has 0 aliphatic carbocycles. The van der Waals surface area contributed by atoms with Crippen molar-refractivity contribution < 1.29 is 9.18 Å². The van der Waals surface area contributed by atoms with Crippen molar-refractivity contribution in [3.05, 3.63) is 109 Å². The molecule has 1 N–H and O–H groups in total. The molecule has 162 valence electrons. The van der Waals surface area contributed by atoms with Crippen LogP contribution in [0.15, 0.2) is 76.3 Å². The van der Waals surface area contributed by atoms with Crippen LogP contribution in [0.5, 0.6) is 0 Å². The third-order valence-corrected chi connectivity index (χ3v) is 5.34. The van der Waals surface area contributed by atoms with Crippen LogP contribution < -0.4 is 16.6 Å². The first-order valence-corrected chi connectivity index (χ1v) is 10.3. The van der Waals surface area contributed by atoms with Crippen LogP contribution in [0.3, 0.4) is 0 Å². The molecular formula is C23H16Cl2FN3O3. The van der Waals surface area contributed by atoms with Gasteiger partial charge >= 0.3 is 5.69 Å². The van der Waals surface area contributed by atoms with E-state index >= 15 is 0 Å². The van der Waals surface area contributed by atoms with Gasteiger partial charge in [-0.1, -0.05) is 47.5 Å². The van der Waals surface area contributed by atoms with E-state index < -0.39 is 29.5 Å². The number of anilines is 1. The standard InChI is InChI=1S/C23H16Cl2FN3O3/c24-15-5-3-4-14(10-15)12-29-22(31)17-6-1-2-7-20(17)28(23(29)32)13-21(30)27-19-9-8-16(25)11-18(19)26/h1-11H,12-13H2,(H,27,30). The maximum atomic E-state index is 14.0. The van der Waals surface area contributed by atoms with Crippen molar-refractivity contribution in [2.75, 3.05) is 5.32 Å². The molecule has 0 spiro atoms. The number of carbonyl (C=O) groups is 1. The Labute approximate surface area is 191 Å². The summed E-state index contributed by atoms with van der Waals surface area (Å²) in [5, 5.41) is 3.37. The highest BCUT2D eigenvalue weighted by Gasteiger charge is 2.16. The molecule has 0 fully saturated rings. The predicted molar refractivity (Wildman–Crippen MR) is 123 cm³/mol. The van der Waals surface area contributed by atoms with Crippen LogP contribution in [0, 0.1) is 5.82 Å². The summed E-state index contributed by atoms with van der Waals surface area (Å²) in [7, 11) is 0. The Kier molecular flexibility index (Phi) is 6.12. The summed E-state index contributed by atoms with van der Waals surface area (Å²) in [5.41, 5.74) is -0.252. The number of benzene rings is 3. The first-order chi connectivity index (χ1) is 15.3. The summed E-state index contributed by atoms with van der Waals surface area (Å²) >= 11 is 11.8. The number of aromatic nitrogens is 2. The molecule has 9 heteroatoms. The van der Waals surface area contributed by atoms with Gasteiger partial charge in [-0.05, 0) is 48.0 Å². The zero-order chi connectivity index (χ0) is 22.8. The second-order valence-corrected chi connectivity index (χ2v) is 7.95. The predicted octanol–water partition coefficient (Wildman–Crippen LogP) is 4.30. The molecule has 1 amide bonds. The lowest BCUT2D eigenvalue weighted by molar-refractivity contribution is -0.116. The highest BCUT2D eigenvalue weighted by atomic mass is 35.5. The van der Waals surface area contributed by atoms with E-state index in [9.17, 15) is 18.8 Å². The number of rotatable bonds is 5. The highest BCUT2D eigenvalue weighted by molar-refractivity contribution is 6.30. The van der Waals surface area contributed by atoms with Crippen molar-refractivity contribution in [3.63, 3.8) is 0 Å². The highest BCUT2D eigenvalue weighted by Crippen LogP contribution is 2.19. The Bertz CT molecular complexity index is 1460. The summed E-state index contributed by atoms with van der Waals surface area (Å²) in [4.78, 5) is 38.9. The molecule has 6 nitrogen and oxygen atoms in total. The van der Waals surface area contributed by atoms with Gasteiger partial charge in [-0.3, -0.25) is 18.7 Å². The Morgan fingerprint density at radius 1 is 0.906 bits per heavy atom. The van der Waals surface area contributed by atoms with E-state index in [-0.39, 0.29) is 22.6 Å². The van der Waals surface area contributed by atoms with Crippen LogP contribution in [-0.4, -0.2) is 15.0 Å². The lowest BCUT2D eigenvalue weighted by Crippen LogP contribution is -2.42. The number of nitrogens with one attached hydrogen (secondary N) is 1. The molecule has 0 atom stereocenters. The van der Waals surface area contributed by atoms with Crippen LogP contribution >= 0.6 is 23.2 Å². The number of hydrogen-bond acceptors (Lipinski definition) is 3. The fourth-order valence-corrected chi connectivity index (χ4v) is 3.78. The lowest BCUT2D eigenvalue weighted by Gasteiger charge is -2.14. The average molecular weight is 472 g/mol. The molecule has 0 aliphatic rings. The summed E-state index contributed by atoms with van der Waals surface area (Å²) in [5.74, 6) is -1.33. The van der Waals surface area contributed by atoms with Crippen molar-refractivity contribution in [1.82, 2.24) is 9.13 Å². The van der Waals surface area contributed by atoms with Crippen molar-refractivity contribution in [2.45, 2.75) is 13.1 Å². The number of nitrogens with zero attached hydrogens (tertiary/aromatic N) is 2. The molecule has 0 saturated heterocycles. The number of fused-ring (bicyclic) bond motifs is 1. The fourth-order valence-electron chi connectivity index (χ4n) is 3.41. The molecular weight excluding hydrogens is 456 g/mol. The zero-order valence-electron chi connectivity index (χ0n) is 16.5. The van der Waals surface area contributed by atoms with E-state index in [0.29, 0.717) is 16.1 Å². The van der Waals surface area contributed by atoms with Crippen LogP contribution in [-0.2, 0) is 17.9 Å². The molecule has 0 bridgehead atoms. The Morgan fingerprint density at radius 2 is 1.66 bits per heavy atom. The van der Waals surface area contributed by atoms with Gasteiger partial charge in [-0.2, -0.15) is 0 Å². The average Bonchev–Trinajstić information content (AvgIpc) is 2.76. The van der Waals surface area contributed by atoms with Crippen LogP contribution in [0.4, 0.5) is 10.1 Å². The SMILES string of the molecule is O=C(Cn1c(=O)n(Cc2cccc(Cl)c2)c(=O)c2ccccc21)Nc1ccc(Cl)cc1F. The molecule has 4 aromatic rings. The quantitative estimate of drug-likeness (QED) is 0.471. The topological polar surface area (TPSA) is 73.1 Å². The largest absolute Gasteiger partial charge is 0.332 e. The smallest absolute Gasteiger partial charge is 0.322 e. The van der Waals surface area contributed by atoms with E-state index in [4.69, 9.17) is 23.2 Å². The van der Waals surface area contributed by atoms with Gasteiger partial charge in [0.05, 0.1) is 23.1 Å². The first-order valence-electron chi connectivity index (χ1n) is 9.55. The number of hydrogen-bond donors (Lipinski definition) is 1. The molecule has 32 heavy (non-hydrogen) atoms. The van der Waals surface area contributed by atoms with Gasteiger partial charge in [-0.25, -0.2) is 9.18 Å². The molecule has 0 aliphatic heterocycles. The summed E-state index contributed by atoms with van der Waals surface area (Å²) in [6.45, 7) is -0.437. The Balaban J connectivity index is 1.75. The summed E-state index contributed by atoms with van der Waals surface area (Å²) in [6, 6.07) is 17.1. The second-order valence-electron chi connectivity index (χ2n) is 7.08. The van der Waals surface area contributed by atoms with Gasteiger partial charge in [-0.15, -0.1) is 0 Å². The van der Waals surface area contributed by atoms with Crippen molar-refractivity contribution in [1.29, 1.82) is 0 Å². The van der Waals surface area contributed by atoms with E-state index in [1.54, 1.807) is 48.5 Å². The minimum atomic E-state index is -0.700. The van der Waals surface area contributed by atoms with Gasteiger partial charge < -0.3 is 5.32 Å². The third-order valence-electron chi connectivity index (χ3n) is 4.87. The van der Waals surface area contributed by atoms with Crippen LogP contribution in [0.1, 0.15) is 5.56 Å².